The minimum Gasteiger partial charge on any atom is -1.00 e. The second-order valence-corrected chi connectivity index (χ2v) is 7.74. The van der Waals surface area contributed by atoms with E-state index >= 15 is 0 Å². The second kappa shape index (κ2) is 8.88. The van der Waals surface area contributed by atoms with E-state index < -0.39 is 18.4 Å². The number of hydrogen-bond acceptors (Lipinski definition) is 2. The maximum Gasteiger partial charge on any atom is -1.00 e. The van der Waals surface area contributed by atoms with Gasteiger partial charge in [0.2, 0.25) is 0 Å². The van der Waals surface area contributed by atoms with Crippen molar-refractivity contribution >= 4 is 12.8 Å². The molecule has 7 heteroatoms. The van der Waals surface area contributed by atoms with Crippen molar-refractivity contribution < 1.29 is 52.8 Å². The van der Waals surface area contributed by atoms with Crippen molar-refractivity contribution in [1.29, 1.82) is 0 Å². The molecule has 0 saturated carbocycles. The smallest absolute Gasteiger partial charge is 1.00 e. The summed E-state index contributed by atoms with van der Waals surface area (Å²) in [5.41, 5.74) is 4.32. The molecule has 0 aromatic carbocycles. The molecule has 20 heavy (non-hydrogen) atoms. The van der Waals surface area contributed by atoms with Crippen LogP contribution in [-0.2, 0) is 28.0 Å². The summed E-state index contributed by atoms with van der Waals surface area (Å²) >= 11 is -2.19. The molecule has 4 nitrogen and oxygen atoms in total. The molecule has 0 spiro atoms. The van der Waals surface area contributed by atoms with Crippen molar-refractivity contribution in [3.63, 3.8) is 0 Å². The van der Waals surface area contributed by atoms with Gasteiger partial charge in [-0.2, -0.15) is 0 Å². The standard InChI is InChI=1S/C11H15.2CH3NO.2ClH.Ti/c1-8-7-10-5-3-4-6-11(10)9(8)2;2*2-1-3;;;/h9H,3-6H2,1-2H3;2*1H,(H2,2,3);2*1H;/q;;;;;+4/p-4. The summed E-state index contributed by atoms with van der Waals surface area (Å²) in [4.78, 5) is 21.5. The molecule has 2 aliphatic rings. The summed E-state index contributed by atoms with van der Waals surface area (Å²) in [6.45, 7) is 4.38. The first-order valence-electron chi connectivity index (χ1n) is 6.41. The molecule has 1 unspecified atom stereocenters. The fourth-order valence-electron chi connectivity index (χ4n) is 3.06. The molecule has 0 saturated heterocycles. The van der Waals surface area contributed by atoms with Gasteiger partial charge in [-0.1, -0.05) is 0 Å². The quantitative estimate of drug-likeness (QED) is 0.388. The zero-order valence-corrected chi connectivity index (χ0v) is 14.7. The van der Waals surface area contributed by atoms with Crippen molar-refractivity contribution in [3.8, 4) is 0 Å². The van der Waals surface area contributed by atoms with Crippen LogP contribution in [0.3, 0.4) is 0 Å². The summed E-state index contributed by atoms with van der Waals surface area (Å²) in [5.74, 6) is 0.486. The van der Waals surface area contributed by atoms with Crippen LogP contribution >= 0.6 is 0 Å². The molecule has 111 valence electrons. The maximum absolute atomic E-state index is 10.7. The number of carbonyl (C=O) groups excluding carboxylic acids is 2. The van der Waals surface area contributed by atoms with Gasteiger partial charge in [-0.25, -0.2) is 0 Å². The average molecular weight is 354 g/mol. The van der Waals surface area contributed by atoms with E-state index in [-0.39, 0.29) is 24.8 Å². The van der Waals surface area contributed by atoms with Crippen LogP contribution in [0.4, 0.5) is 0 Å². The van der Waals surface area contributed by atoms with Gasteiger partial charge < -0.3 is 24.8 Å². The van der Waals surface area contributed by atoms with E-state index in [0.29, 0.717) is 5.92 Å². The van der Waals surface area contributed by atoms with Crippen LogP contribution in [0.2, 0.25) is 0 Å². The summed E-state index contributed by atoms with van der Waals surface area (Å²) in [5, 5.41) is 0. The molecule has 0 radical (unpaired) electrons. The molecule has 1 atom stereocenters. The number of allylic oxidation sites excluding steroid dienone is 4. The van der Waals surface area contributed by atoms with Gasteiger partial charge in [-0.3, -0.25) is 0 Å². The SMILES string of the molecule is CC1=[C]([Ti+2]([NH]C=O)[NH]C=O)C2=C(CCCC2)C1C.[Cl-].[Cl-]. The first-order chi connectivity index (χ1) is 8.70. The van der Waals surface area contributed by atoms with Crippen molar-refractivity contribution in [2.24, 2.45) is 5.92 Å². The molecular weight excluding hydrogens is 335 g/mol. The first-order valence-corrected chi connectivity index (χ1v) is 8.75. The van der Waals surface area contributed by atoms with Crippen molar-refractivity contribution in [2.75, 3.05) is 0 Å². The van der Waals surface area contributed by atoms with Gasteiger partial charge in [0, 0.05) is 0 Å². The Kier molecular flexibility index (Phi) is 8.75. The van der Waals surface area contributed by atoms with Crippen LogP contribution < -0.4 is 32.4 Å². The third-order valence-corrected chi connectivity index (χ3v) is 7.17. The van der Waals surface area contributed by atoms with Crippen molar-refractivity contribution in [1.82, 2.24) is 7.60 Å². The second-order valence-electron chi connectivity index (χ2n) is 4.89. The number of carbonyl (C=O) groups is 2. The number of halogens is 2. The Labute approximate surface area is 139 Å². The Morgan fingerprint density at radius 3 is 2.20 bits per heavy atom. The minimum atomic E-state index is -2.19. The predicted molar refractivity (Wildman–Crippen MR) is 65.8 cm³/mol. The van der Waals surface area contributed by atoms with Gasteiger partial charge in [-0.15, -0.1) is 0 Å². The fraction of sp³-hybridized carbons (Fsp3) is 0.538. The zero-order chi connectivity index (χ0) is 13.1. The fourth-order valence-corrected chi connectivity index (χ4v) is 5.88. The average Bonchev–Trinajstić information content (AvgIpc) is 2.63. The summed E-state index contributed by atoms with van der Waals surface area (Å²) in [7, 11) is 0. The van der Waals surface area contributed by atoms with Crippen molar-refractivity contribution in [2.45, 2.75) is 39.5 Å². The normalized spacial score (nSPS) is 20.4. The molecule has 2 aliphatic carbocycles. The maximum atomic E-state index is 10.7. The zero-order valence-electron chi connectivity index (χ0n) is 11.6. The monoisotopic (exact) mass is 353 g/mol. The molecule has 0 aliphatic heterocycles. The van der Waals surface area contributed by atoms with Crippen LogP contribution in [0.15, 0.2) is 20.6 Å². The minimum absolute atomic E-state index is 0. The summed E-state index contributed by atoms with van der Waals surface area (Å²) in [6.07, 6.45) is 6.20. The van der Waals surface area contributed by atoms with E-state index in [4.69, 9.17) is 0 Å². The van der Waals surface area contributed by atoms with Crippen LogP contribution in [0.1, 0.15) is 39.5 Å². The molecule has 2 amide bonds. The van der Waals surface area contributed by atoms with Gasteiger partial charge in [-0.05, 0) is 0 Å². The third kappa shape index (κ3) is 3.67. The van der Waals surface area contributed by atoms with Crippen LogP contribution in [-0.4, -0.2) is 12.8 Å². The van der Waals surface area contributed by atoms with Crippen LogP contribution in [0, 0.1) is 5.92 Å². The molecular formula is C13H19Cl2N2O2Ti. The first kappa shape index (κ1) is 19.7. The van der Waals surface area contributed by atoms with Crippen LogP contribution in [0.5, 0.6) is 0 Å². The number of rotatable bonds is 5. The molecule has 2 rings (SSSR count). The number of nitrogens with one attached hydrogen (secondary N) is 2. The topological polar surface area (TPSA) is 58.2 Å². The van der Waals surface area contributed by atoms with Gasteiger partial charge in [0.25, 0.3) is 0 Å². The number of hydrogen-bond donors (Lipinski definition) is 2. The Morgan fingerprint density at radius 2 is 1.65 bits per heavy atom. The van der Waals surface area contributed by atoms with Gasteiger partial charge in [0.1, 0.15) is 0 Å². The Bertz CT molecular complexity index is 428. The van der Waals surface area contributed by atoms with E-state index in [9.17, 15) is 9.59 Å². The summed E-state index contributed by atoms with van der Waals surface area (Å²) < 4.78 is 7.01. The van der Waals surface area contributed by atoms with E-state index in [2.05, 4.69) is 21.4 Å². The predicted octanol–water partition coefficient (Wildman–Crippen LogP) is -4.27. The largest absolute Gasteiger partial charge is 1.00 e. The van der Waals surface area contributed by atoms with E-state index in [1.54, 1.807) is 5.57 Å². The molecule has 0 aromatic heterocycles. The molecule has 0 bridgehead atoms. The third-order valence-electron chi connectivity index (χ3n) is 4.04. The van der Waals surface area contributed by atoms with E-state index in [1.807, 2.05) is 0 Å². The van der Waals surface area contributed by atoms with E-state index in [1.165, 1.54) is 34.3 Å². The number of amides is 2. The molecule has 0 fully saturated rings. The summed E-state index contributed by atoms with van der Waals surface area (Å²) in [6, 6.07) is 0. The van der Waals surface area contributed by atoms with Crippen LogP contribution in [0.25, 0.3) is 0 Å². The van der Waals surface area contributed by atoms with Crippen molar-refractivity contribution in [3.05, 3.63) is 20.6 Å². The van der Waals surface area contributed by atoms with E-state index in [0.717, 1.165) is 19.2 Å². The van der Waals surface area contributed by atoms with Gasteiger partial charge >= 0.3 is 114 Å². The van der Waals surface area contributed by atoms with Gasteiger partial charge in [0.15, 0.2) is 0 Å². The Hall–Kier alpha value is -0.286. The Morgan fingerprint density at radius 1 is 1.10 bits per heavy atom. The van der Waals surface area contributed by atoms with Gasteiger partial charge in [0.05, 0.1) is 0 Å². The molecule has 0 heterocycles. The molecule has 0 aromatic rings. The molecule has 2 N–H and O–H groups in total. The Balaban J connectivity index is 0.00000180.